The summed E-state index contributed by atoms with van der Waals surface area (Å²) < 4.78 is 7.48. The van der Waals surface area contributed by atoms with Crippen molar-refractivity contribution in [2.75, 3.05) is 37.7 Å². The Morgan fingerprint density at radius 1 is 1.38 bits per heavy atom. The largest absolute Gasteiger partial charge is 0.481 e. The number of nitrogens with zero attached hydrogens (tertiary/aromatic N) is 2. The van der Waals surface area contributed by atoms with Crippen LogP contribution in [-0.2, 0) is 23.0 Å². The van der Waals surface area contributed by atoms with Crippen LogP contribution >= 0.6 is 0 Å². The molecule has 1 saturated heterocycles. The lowest BCUT2D eigenvalue weighted by molar-refractivity contribution is -0.141. The molecule has 1 unspecified atom stereocenters. The summed E-state index contributed by atoms with van der Waals surface area (Å²) >= 11 is 0. The monoisotopic (exact) mass is 331 g/mol. The van der Waals surface area contributed by atoms with Gasteiger partial charge >= 0.3 is 5.97 Å². The molecular formula is C18H25N3O3. The van der Waals surface area contributed by atoms with Crippen molar-refractivity contribution in [2.45, 2.75) is 12.8 Å². The van der Waals surface area contributed by atoms with Gasteiger partial charge in [-0.25, -0.2) is 0 Å². The number of nitrogens with two attached hydrogens (primary N) is 1. The van der Waals surface area contributed by atoms with Crippen LogP contribution in [0, 0.1) is 5.92 Å². The van der Waals surface area contributed by atoms with Gasteiger partial charge in [-0.15, -0.1) is 0 Å². The Morgan fingerprint density at radius 3 is 2.79 bits per heavy atom. The van der Waals surface area contributed by atoms with Gasteiger partial charge in [-0.3, -0.25) is 4.79 Å². The fourth-order valence-corrected chi connectivity index (χ4v) is 3.42. The molecule has 0 bridgehead atoms. The van der Waals surface area contributed by atoms with Crippen molar-refractivity contribution >= 4 is 22.6 Å². The van der Waals surface area contributed by atoms with Crippen LogP contribution in [0.2, 0.25) is 0 Å². The minimum absolute atomic E-state index is 0.390. The molecule has 0 spiro atoms. The number of carbonyl (C=O) groups is 1. The van der Waals surface area contributed by atoms with Gasteiger partial charge in [-0.1, -0.05) is 0 Å². The van der Waals surface area contributed by atoms with Gasteiger partial charge in [0.05, 0.1) is 19.1 Å². The zero-order valence-electron chi connectivity index (χ0n) is 14.1. The Labute approximate surface area is 141 Å². The van der Waals surface area contributed by atoms with Crippen LogP contribution in [0.3, 0.4) is 0 Å². The van der Waals surface area contributed by atoms with Gasteiger partial charge in [0.25, 0.3) is 0 Å². The highest BCUT2D eigenvalue weighted by molar-refractivity contribution is 5.88. The number of ether oxygens (including phenoxy) is 1. The minimum atomic E-state index is -0.776. The van der Waals surface area contributed by atoms with Gasteiger partial charge in [-0.05, 0) is 43.1 Å². The van der Waals surface area contributed by atoms with E-state index in [9.17, 15) is 9.90 Å². The first-order valence-electron chi connectivity index (χ1n) is 8.43. The molecule has 3 rings (SSSR count). The van der Waals surface area contributed by atoms with E-state index in [1.54, 1.807) is 0 Å². The van der Waals surface area contributed by atoms with E-state index < -0.39 is 11.9 Å². The van der Waals surface area contributed by atoms with Gasteiger partial charge in [0.15, 0.2) is 0 Å². The SMILES string of the molecule is Cn1cc(CC(CCN)C(=O)O)c2cc(N3CCOCC3)ccc21. The van der Waals surface area contributed by atoms with Crippen LogP contribution in [0.25, 0.3) is 10.9 Å². The number of fused-ring (bicyclic) bond motifs is 1. The van der Waals surface area contributed by atoms with Gasteiger partial charge < -0.3 is 25.0 Å². The maximum absolute atomic E-state index is 11.5. The quantitative estimate of drug-likeness (QED) is 0.840. The normalized spacial score (nSPS) is 16.5. The van der Waals surface area contributed by atoms with Crippen LogP contribution in [0.5, 0.6) is 0 Å². The molecule has 1 aliphatic rings. The third kappa shape index (κ3) is 3.39. The first kappa shape index (κ1) is 16.8. The molecule has 1 aromatic heterocycles. The Kier molecular flexibility index (Phi) is 5.06. The van der Waals surface area contributed by atoms with Crippen LogP contribution in [-0.4, -0.2) is 48.5 Å². The molecule has 2 heterocycles. The number of morpholine rings is 1. The summed E-state index contributed by atoms with van der Waals surface area (Å²) in [5.41, 5.74) is 8.94. The van der Waals surface area contributed by atoms with Crippen molar-refractivity contribution in [3.8, 4) is 0 Å². The lowest BCUT2D eigenvalue weighted by atomic mass is 9.96. The fraction of sp³-hybridized carbons (Fsp3) is 0.500. The second-order valence-electron chi connectivity index (χ2n) is 6.38. The van der Waals surface area contributed by atoms with Gasteiger partial charge in [0.2, 0.25) is 0 Å². The molecule has 2 aromatic rings. The number of hydrogen-bond donors (Lipinski definition) is 2. The van der Waals surface area contributed by atoms with Crippen LogP contribution in [0.15, 0.2) is 24.4 Å². The molecule has 130 valence electrons. The van der Waals surface area contributed by atoms with Crippen LogP contribution in [0.1, 0.15) is 12.0 Å². The van der Waals surface area contributed by atoms with Crippen LogP contribution < -0.4 is 10.6 Å². The standard InChI is InChI=1S/C18H25N3O3/c1-20-12-14(10-13(4-5-19)18(22)23)16-11-15(2-3-17(16)20)21-6-8-24-9-7-21/h2-3,11-13H,4-10,19H2,1H3,(H,22,23). The Balaban J connectivity index is 1.93. The predicted octanol–water partition coefficient (Wildman–Crippen LogP) is 1.61. The zero-order chi connectivity index (χ0) is 17.1. The number of anilines is 1. The molecule has 1 fully saturated rings. The van der Waals surface area contributed by atoms with E-state index in [0.29, 0.717) is 19.4 Å². The van der Waals surface area contributed by atoms with E-state index in [1.165, 1.54) is 5.69 Å². The summed E-state index contributed by atoms with van der Waals surface area (Å²) in [5, 5.41) is 10.5. The summed E-state index contributed by atoms with van der Waals surface area (Å²) in [6, 6.07) is 6.42. The second kappa shape index (κ2) is 7.23. The van der Waals surface area contributed by atoms with E-state index in [-0.39, 0.29) is 0 Å². The van der Waals surface area contributed by atoms with E-state index in [1.807, 2.05) is 13.2 Å². The van der Waals surface area contributed by atoms with E-state index >= 15 is 0 Å². The van der Waals surface area contributed by atoms with E-state index in [4.69, 9.17) is 10.5 Å². The lowest BCUT2D eigenvalue weighted by Gasteiger charge is -2.29. The summed E-state index contributed by atoms with van der Waals surface area (Å²) in [6.07, 6.45) is 3.05. The second-order valence-corrected chi connectivity index (χ2v) is 6.38. The smallest absolute Gasteiger partial charge is 0.306 e. The van der Waals surface area contributed by atoms with E-state index in [0.717, 1.165) is 42.8 Å². The third-order valence-electron chi connectivity index (χ3n) is 4.76. The molecule has 3 N–H and O–H groups in total. The van der Waals surface area contributed by atoms with E-state index in [2.05, 4.69) is 27.7 Å². The lowest BCUT2D eigenvalue weighted by Crippen LogP contribution is -2.36. The first-order valence-corrected chi connectivity index (χ1v) is 8.43. The van der Waals surface area contributed by atoms with Crippen molar-refractivity contribution in [3.05, 3.63) is 30.0 Å². The number of aromatic nitrogens is 1. The Bertz CT molecular complexity index is 720. The van der Waals surface area contributed by atoms with Crippen LogP contribution in [0.4, 0.5) is 5.69 Å². The maximum Gasteiger partial charge on any atom is 0.306 e. The fourth-order valence-electron chi connectivity index (χ4n) is 3.42. The molecule has 0 amide bonds. The van der Waals surface area contributed by atoms with Crippen molar-refractivity contribution in [2.24, 2.45) is 18.7 Å². The molecular weight excluding hydrogens is 306 g/mol. The molecule has 0 radical (unpaired) electrons. The van der Waals surface area contributed by atoms with Crippen molar-refractivity contribution in [1.29, 1.82) is 0 Å². The highest BCUT2D eigenvalue weighted by Gasteiger charge is 2.20. The number of aliphatic carboxylic acids is 1. The van der Waals surface area contributed by atoms with Crippen molar-refractivity contribution in [3.63, 3.8) is 0 Å². The summed E-state index contributed by atoms with van der Waals surface area (Å²) in [5.74, 6) is -1.21. The average molecular weight is 331 g/mol. The third-order valence-corrected chi connectivity index (χ3v) is 4.76. The van der Waals surface area contributed by atoms with Crippen molar-refractivity contribution < 1.29 is 14.6 Å². The molecule has 24 heavy (non-hydrogen) atoms. The molecule has 0 aliphatic carbocycles. The molecule has 6 nitrogen and oxygen atoms in total. The number of carboxylic acids is 1. The number of carboxylic acid groups (broad SMARTS) is 1. The number of benzene rings is 1. The van der Waals surface area contributed by atoms with Crippen molar-refractivity contribution in [1.82, 2.24) is 4.57 Å². The van der Waals surface area contributed by atoms with Gasteiger partial charge in [0.1, 0.15) is 0 Å². The summed E-state index contributed by atoms with van der Waals surface area (Å²) in [6.45, 7) is 3.66. The Hall–Kier alpha value is -2.05. The molecule has 1 aromatic carbocycles. The maximum atomic E-state index is 11.5. The van der Waals surface area contributed by atoms with Gasteiger partial charge in [0, 0.05) is 42.9 Å². The molecule has 1 aliphatic heterocycles. The highest BCUT2D eigenvalue weighted by Crippen LogP contribution is 2.29. The number of rotatable bonds is 6. The number of aryl methyl sites for hydroxylation is 1. The minimum Gasteiger partial charge on any atom is -0.481 e. The first-order chi connectivity index (χ1) is 11.6. The number of hydrogen-bond acceptors (Lipinski definition) is 4. The highest BCUT2D eigenvalue weighted by atomic mass is 16.5. The average Bonchev–Trinajstić information content (AvgIpc) is 2.90. The topological polar surface area (TPSA) is 80.7 Å². The zero-order valence-corrected chi connectivity index (χ0v) is 14.1. The summed E-state index contributed by atoms with van der Waals surface area (Å²) in [4.78, 5) is 13.8. The Morgan fingerprint density at radius 2 is 2.12 bits per heavy atom. The molecule has 0 saturated carbocycles. The molecule has 1 atom stereocenters. The molecule has 6 heteroatoms. The van der Waals surface area contributed by atoms with Gasteiger partial charge in [-0.2, -0.15) is 0 Å². The predicted molar refractivity (Wildman–Crippen MR) is 94.5 cm³/mol. The summed E-state index contributed by atoms with van der Waals surface area (Å²) in [7, 11) is 2.00.